The van der Waals surface area contributed by atoms with Gasteiger partial charge in [-0.1, -0.05) is 23.2 Å². The highest BCUT2D eigenvalue weighted by Gasteiger charge is 2.25. The molecule has 1 N–H and O–H groups in total. The second-order valence-electron chi connectivity index (χ2n) is 3.72. The molecule has 0 saturated heterocycles. The molecule has 2 rings (SSSR count). The molecule has 2 aromatic rings. The normalized spacial score (nSPS) is 10.8. The number of nitrogens with zero attached hydrogens (tertiary/aromatic N) is 2. The third-order valence-electron chi connectivity index (χ3n) is 2.71. The zero-order valence-electron chi connectivity index (χ0n) is 9.24. The first-order chi connectivity index (χ1) is 7.93. The van der Waals surface area contributed by atoms with E-state index in [1.165, 1.54) is 6.07 Å². The first kappa shape index (κ1) is 12.1. The van der Waals surface area contributed by atoms with Crippen molar-refractivity contribution >= 4 is 23.2 Å². The molecular weight excluding hydrogens is 263 g/mol. The standard InChI is InChI=1S/C11H10Cl2N2O2/c1-6-7(2)15(17)11(14(6)16)9-4-3-8(12)5-10(9)13/h3-5,16H,1-2H3. The number of imidazole rings is 1. The van der Waals surface area contributed by atoms with Crippen LogP contribution in [-0.4, -0.2) is 9.94 Å². The third kappa shape index (κ3) is 1.83. The van der Waals surface area contributed by atoms with E-state index in [2.05, 4.69) is 0 Å². The van der Waals surface area contributed by atoms with Gasteiger partial charge in [0.1, 0.15) is 5.69 Å². The van der Waals surface area contributed by atoms with Gasteiger partial charge in [0.05, 0.1) is 10.6 Å². The SMILES string of the molecule is Cc1c(C)[n+]([O-])c(-c2ccc(Cl)cc2Cl)n1O. The molecule has 1 heterocycles. The molecule has 0 aliphatic heterocycles. The lowest BCUT2D eigenvalue weighted by Crippen LogP contribution is -2.30. The number of benzene rings is 1. The van der Waals surface area contributed by atoms with Gasteiger partial charge in [-0.05, 0) is 22.9 Å². The minimum Gasteiger partial charge on any atom is -0.710 e. The molecule has 4 nitrogen and oxygen atoms in total. The maximum absolute atomic E-state index is 11.9. The van der Waals surface area contributed by atoms with Crippen LogP contribution in [0.4, 0.5) is 0 Å². The largest absolute Gasteiger partial charge is 0.710 e. The lowest BCUT2D eigenvalue weighted by Gasteiger charge is -2.05. The molecule has 0 unspecified atom stereocenters. The molecule has 0 bridgehead atoms. The summed E-state index contributed by atoms with van der Waals surface area (Å²) < 4.78 is 1.47. The lowest BCUT2D eigenvalue weighted by molar-refractivity contribution is -0.600. The fourth-order valence-electron chi connectivity index (χ4n) is 1.60. The molecule has 1 aromatic heterocycles. The van der Waals surface area contributed by atoms with Gasteiger partial charge in [0.25, 0.3) is 0 Å². The van der Waals surface area contributed by atoms with E-state index in [1.807, 2.05) is 0 Å². The van der Waals surface area contributed by atoms with Crippen LogP contribution < -0.4 is 4.73 Å². The first-order valence-electron chi connectivity index (χ1n) is 4.89. The van der Waals surface area contributed by atoms with E-state index in [0.717, 1.165) is 4.73 Å². The summed E-state index contributed by atoms with van der Waals surface area (Å²) in [6.07, 6.45) is 0. The van der Waals surface area contributed by atoms with Gasteiger partial charge < -0.3 is 10.4 Å². The Bertz CT molecular complexity index is 568. The van der Waals surface area contributed by atoms with Crippen LogP contribution in [-0.2, 0) is 0 Å². The van der Waals surface area contributed by atoms with E-state index in [4.69, 9.17) is 23.2 Å². The molecule has 0 aliphatic rings. The van der Waals surface area contributed by atoms with E-state index in [-0.39, 0.29) is 5.82 Å². The Balaban J connectivity index is 2.73. The van der Waals surface area contributed by atoms with Gasteiger partial charge in [-0.25, -0.2) is 4.73 Å². The van der Waals surface area contributed by atoms with Crippen LogP contribution in [0.2, 0.25) is 10.0 Å². The summed E-state index contributed by atoms with van der Waals surface area (Å²) in [4.78, 5) is 0. The first-order valence-corrected chi connectivity index (χ1v) is 5.65. The van der Waals surface area contributed by atoms with Gasteiger partial charge in [-0.2, -0.15) is 0 Å². The zero-order chi connectivity index (χ0) is 12.7. The van der Waals surface area contributed by atoms with Crippen molar-refractivity contribution in [2.75, 3.05) is 0 Å². The van der Waals surface area contributed by atoms with Crippen molar-refractivity contribution < 1.29 is 9.94 Å². The van der Waals surface area contributed by atoms with Crippen LogP contribution in [0, 0.1) is 19.1 Å². The Labute approximate surface area is 108 Å². The fraction of sp³-hybridized carbons (Fsp3) is 0.182. The summed E-state index contributed by atoms with van der Waals surface area (Å²) in [6.45, 7) is 3.28. The Morgan fingerprint density at radius 1 is 1.29 bits per heavy atom. The van der Waals surface area contributed by atoms with Crippen molar-refractivity contribution in [2.24, 2.45) is 0 Å². The molecule has 0 saturated carbocycles. The van der Waals surface area contributed by atoms with Gasteiger partial charge in [0.2, 0.25) is 0 Å². The molecule has 0 aliphatic carbocycles. The smallest absolute Gasteiger partial charge is 0.333 e. The van der Waals surface area contributed by atoms with Crippen molar-refractivity contribution in [1.29, 1.82) is 0 Å². The predicted octanol–water partition coefficient (Wildman–Crippen LogP) is 2.95. The number of hydrogen-bond donors (Lipinski definition) is 1. The Morgan fingerprint density at radius 2 is 1.94 bits per heavy atom. The fourth-order valence-corrected chi connectivity index (χ4v) is 2.09. The minimum atomic E-state index is 0.0849. The molecule has 17 heavy (non-hydrogen) atoms. The number of hydrogen-bond acceptors (Lipinski definition) is 2. The van der Waals surface area contributed by atoms with Crippen molar-refractivity contribution in [1.82, 2.24) is 4.73 Å². The minimum absolute atomic E-state index is 0.0849. The van der Waals surface area contributed by atoms with Gasteiger partial charge in [-0.15, -0.1) is 0 Å². The third-order valence-corrected chi connectivity index (χ3v) is 3.26. The Kier molecular flexibility index (Phi) is 2.93. The van der Waals surface area contributed by atoms with Crippen LogP contribution in [0.5, 0.6) is 0 Å². The topological polar surface area (TPSA) is 52.1 Å². The summed E-state index contributed by atoms with van der Waals surface area (Å²) in [6, 6.07) is 4.73. The molecule has 1 aromatic carbocycles. The van der Waals surface area contributed by atoms with Crippen LogP contribution in [0.25, 0.3) is 11.4 Å². The number of rotatable bonds is 1. The van der Waals surface area contributed by atoms with Crippen molar-refractivity contribution in [3.8, 4) is 11.4 Å². The molecule has 0 spiro atoms. The molecule has 0 radical (unpaired) electrons. The van der Waals surface area contributed by atoms with Gasteiger partial charge in [0, 0.05) is 18.9 Å². The van der Waals surface area contributed by atoms with Crippen LogP contribution in [0.3, 0.4) is 0 Å². The number of aromatic nitrogens is 2. The summed E-state index contributed by atoms with van der Waals surface area (Å²) in [5.74, 6) is 0.0849. The average molecular weight is 273 g/mol. The summed E-state index contributed by atoms with van der Waals surface area (Å²) >= 11 is 11.8. The zero-order valence-corrected chi connectivity index (χ0v) is 10.7. The second-order valence-corrected chi connectivity index (χ2v) is 4.57. The van der Waals surface area contributed by atoms with Crippen LogP contribution in [0.15, 0.2) is 18.2 Å². The molecule has 0 fully saturated rings. The summed E-state index contributed by atoms with van der Waals surface area (Å²) in [7, 11) is 0. The second kappa shape index (κ2) is 4.13. The van der Waals surface area contributed by atoms with E-state index in [0.29, 0.717) is 31.7 Å². The molecule has 6 heteroatoms. The highest BCUT2D eigenvalue weighted by molar-refractivity contribution is 6.36. The van der Waals surface area contributed by atoms with Gasteiger partial charge in [-0.3, -0.25) is 0 Å². The van der Waals surface area contributed by atoms with E-state index < -0.39 is 0 Å². The average Bonchev–Trinajstić information content (AvgIpc) is 2.45. The monoisotopic (exact) mass is 272 g/mol. The summed E-state index contributed by atoms with van der Waals surface area (Å²) in [5, 5.41) is 22.5. The van der Waals surface area contributed by atoms with E-state index in [1.54, 1.807) is 26.0 Å². The van der Waals surface area contributed by atoms with Gasteiger partial charge in [0.15, 0.2) is 5.69 Å². The predicted molar refractivity (Wildman–Crippen MR) is 65.5 cm³/mol. The van der Waals surface area contributed by atoms with Crippen molar-refractivity contribution in [3.63, 3.8) is 0 Å². The van der Waals surface area contributed by atoms with E-state index in [9.17, 15) is 10.4 Å². The number of halogens is 2. The highest BCUT2D eigenvalue weighted by atomic mass is 35.5. The maximum Gasteiger partial charge on any atom is 0.333 e. The Morgan fingerprint density at radius 3 is 2.41 bits per heavy atom. The molecule has 0 amide bonds. The van der Waals surface area contributed by atoms with Crippen LogP contribution in [0.1, 0.15) is 11.4 Å². The van der Waals surface area contributed by atoms with Crippen LogP contribution >= 0.6 is 23.2 Å². The highest BCUT2D eigenvalue weighted by Crippen LogP contribution is 2.29. The lowest BCUT2D eigenvalue weighted by atomic mass is 10.2. The summed E-state index contributed by atoms with van der Waals surface area (Å²) in [5.41, 5.74) is 1.33. The van der Waals surface area contributed by atoms with E-state index >= 15 is 0 Å². The van der Waals surface area contributed by atoms with Crippen molar-refractivity contribution in [2.45, 2.75) is 13.8 Å². The van der Waals surface area contributed by atoms with Crippen molar-refractivity contribution in [3.05, 3.63) is 44.8 Å². The Hall–Kier alpha value is -1.39. The maximum atomic E-state index is 11.9. The quantitative estimate of drug-likeness (QED) is 0.493. The molecule has 90 valence electrons. The molecule has 0 atom stereocenters. The molecular formula is C11H10Cl2N2O2. The van der Waals surface area contributed by atoms with Gasteiger partial charge >= 0.3 is 5.82 Å².